The highest BCUT2D eigenvalue weighted by molar-refractivity contribution is 6.34. The highest BCUT2D eigenvalue weighted by Crippen LogP contribution is 2.27. The molecule has 4 heteroatoms. The van der Waals surface area contributed by atoms with Gasteiger partial charge < -0.3 is 4.74 Å². The van der Waals surface area contributed by atoms with Crippen molar-refractivity contribution in [3.05, 3.63) is 28.2 Å². The number of hydrogen-bond acceptors (Lipinski definition) is 1. The molecule has 0 saturated heterocycles. The topological polar surface area (TPSA) is 29.1 Å². The lowest BCUT2D eigenvalue weighted by atomic mass is 10.3. The Labute approximate surface area is 74.3 Å². The van der Waals surface area contributed by atoms with Gasteiger partial charge in [-0.2, -0.15) is 5.11 Å². The van der Waals surface area contributed by atoms with Crippen LogP contribution in [0.1, 0.15) is 0 Å². The summed E-state index contributed by atoms with van der Waals surface area (Å²) in [5.41, 5.74) is 0. The van der Waals surface area contributed by atoms with Crippen molar-refractivity contribution >= 4 is 23.2 Å². The molecule has 0 atom stereocenters. The van der Waals surface area contributed by atoms with Crippen molar-refractivity contribution in [3.8, 4) is 5.75 Å². The molecule has 0 spiro atoms. The van der Waals surface area contributed by atoms with Gasteiger partial charge >= 0.3 is 0 Å². The van der Waals surface area contributed by atoms with E-state index in [1.165, 1.54) is 6.07 Å². The van der Waals surface area contributed by atoms with Gasteiger partial charge in [-0.25, -0.2) is 0 Å². The molecular weight excluding hydrogens is 187 g/mol. The monoisotopic (exact) mass is 191 g/mol. The predicted molar refractivity (Wildman–Crippen MR) is 42.6 cm³/mol. The SMILES string of the molecule is [O]COc1cc(Cl)ccc1Cl. The summed E-state index contributed by atoms with van der Waals surface area (Å²) >= 11 is 11.3. The third kappa shape index (κ3) is 2.26. The minimum Gasteiger partial charge on any atom is -0.463 e. The second-order valence-electron chi connectivity index (χ2n) is 1.84. The lowest BCUT2D eigenvalue weighted by Gasteiger charge is -2.02. The van der Waals surface area contributed by atoms with Crippen molar-refractivity contribution < 1.29 is 9.84 Å². The molecule has 1 aromatic rings. The highest BCUT2D eigenvalue weighted by atomic mass is 35.5. The number of rotatable bonds is 2. The fraction of sp³-hybridized carbons (Fsp3) is 0.143. The lowest BCUT2D eigenvalue weighted by Crippen LogP contribution is -1.93. The van der Waals surface area contributed by atoms with Crippen LogP contribution in [0.5, 0.6) is 5.75 Å². The maximum atomic E-state index is 10.0. The summed E-state index contributed by atoms with van der Waals surface area (Å²) < 4.78 is 4.65. The second kappa shape index (κ2) is 3.81. The normalized spacial score (nSPS) is 9.73. The molecule has 0 N–H and O–H groups in total. The molecular formula is C7H5Cl2O2. The van der Waals surface area contributed by atoms with Gasteiger partial charge in [0.15, 0.2) is 0 Å². The Bertz CT molecular complexity index is 250. The summed E-state index contributed by atoms with van der Waals surface area (Å²) in [4.78, 5) is 0. The third-order valence-electron chi connectivity index (χ3n) is 1.11. The van der Waals surface area contributed by atoms with E-state index in [1.807, 2.05) is 0 Å². The van der Waals surface area contributed by atoms with Crippen molar-refractivity contribution in [1.29, 1.82) is 0 Å². The Hall–Kier alpha value is -0.440. The first-order valence-electron chi connectivity index (χ1n) is 2.90. The Morgan fingerprint density at radius 1 is 1.36 bits per heavy atom. The van der Waals surface area contributed by atoms with Crippen molar-refractivity contribution in [2.75, 3.05) is 6.79 Å². The van der Waals surface area contributed by atoms with Gasteiger partial charge in [-0.3, -0.25) is 0 Å². The van der Waals surface area contributed by atoms with E-state index < -0.39 is 6.79 Å². The zero-order valence-electron chi connectivity index (χ0n) is 5.51. The largest absolute Gasteiger partial charge is 0.463 e. The molecule has 59 valence electrons. The van der Waals surface area contributed by atoms with E-state index >= 15 is 0 Å². The first kappa shape index (κ1) is 8.65. The predicted octanol–water partition coefficient (Wildman–Crippen LogP) is 2.76. The zero-order valence-corrected chi connectivity index (χ0v) is 7.02. The molecule has 0 saturated carbocycles. The Morgan fingerprint density at radius 3 is 2.73 bits per heavy atom. The average Bonchev–Trinajstić information content (AvgIpc) is 1.98. The van der Waals surface area contributed by atoms with E-state index in [9.17, 15) is 5.11 Å². The van der Waals surface area contributed by atoms with E-state index in [2.05, 4.69) is 4.74 Å². The molecule has 1 radical (unpaired) electrons. The van der Waals surface area contributed by atoms with Crippen LogP contribution >= 0.6 is 23.2 Å². The van der Waals surface area contributed by atoms with Crippen LogP contribution in [0, 0.1) is 0 Å². The Kier molecular flexibility index (Phi) is 3.00. The minimum absolute atomic E-state index is 0.328. The maximum absolute atomic E-state index is 10.0. The van der Waals surface area contributed by atoms with Crippen LogP contribution in [-0.4, -0.2) is 6.79 Å². The summed E-state index contributed by atoms with van der Waals surface area (Å²) in [5, 5.41) is 10.9. The van der Waals surface area contributed by atoms with Crippen LogP contribution in [0.2, 0.25) is 10.0 Å². The van der Waals surface area contributed by atoms with Gasteiger partial charge in [0, 0.05) is 11.1 Å². The van der Waals surface area contributed by atoms with E-state index in [4.69, 9.17) is 23.2 Å². The third-order valence-corrected chi connectivity index (χ3v) is 1.66. The van der Waals surface area contributed by atoms with Crippen LogP contribution in [0.25, 0.3) is 0 Å². The molecule has 0 amide bonds. The molecule has 0 bridgehead atoms. The van der Waals surface area contributed by atoms with Crippen LogP contribution < -0.4 is 4.74 Å². The van der Waals surface area contributed by atoms with Crippen molar-refractivity contribution in [2.45, 2.75) is 0 Å². The molecule has 0 aliphatic rings. The molecule has 0 heterocycles. The minimum atomic E-state index is -0.653. The summed E-state index contributed by atoms with van der Waals surface area (Å²) in [6, 6.07) is 4.71. The maximum Gasteiger partial charge on any atom is 0.221 e. The number of hydrogen-bond donors (Lipinski definition) is 0. The summed E-state index contributed by atoms with van der Waals surface area (Å²) in [7, 11) is 0. The van der Waals surface area contributed by atoms with Gasteiger partial charge in [0.25, 0.3) is 0 Å². The first-order chi connectivity index (χ1) is 5.24. The van der Waals surface area contributed by atoms with Gasteiger partial charge in [0.2, 0.25) is 6.79 Å². The number of ether oxygens (including phenoxy) is 1. The van der Waals surface area contributed by atoms with E-state index in [0.29, 0.717) is 15.8 Å². The van der Waals surface area contributed by atoms with E-state index in [1.54, 1.807) is 12.1 Å². The fourth-order valence-electron chi connectivity index (χ4n) is 0.651. The summed E-state index contributed by atoms with van der Waals surface area (Å²) in [6.45, 7) is -0.653. The molecule has 0 unspecified atom stereocenters. The molecule has 0 aliphatic carbocycles. The molecule has 0 fully saturated rings. The summed E-state index contributed by atoms with van der Waals surface area (Å²) in [5.74, 6) is 0.328. The molecule has 1 rings (SSSR count). The van der Waals surface area contributed by atoms with Crippen molar-refractivity contribution in [2.24, 2.45) is 0 Å². The van der Waals surface area contributed by atoms with Crippen LogP contribution in [0.4, 0.5) is 0 Å². The zero-order chi connectivity index (χ0) is 8.27. The quantitative estimate of drug-likeness (QED) is 0.662. The average molecular weight is 192 g/mol. The van der Waals surface area contributed by atoms with Crippen molar-refractivity contribution in [1.82, 2.24) is 0 Å². The van der Waals surface area contributed by atoms with Crippen LogP contribution in [0.3, 0.4) is 0 Å². The number of benzene rings is 1. The smallest absolute Gasteiger partial charge is 0.221 e. The Morgan fingerprint density at radius 2 is 2.09 bits per heavy atom. The fourth-order valence-corrected chi connectivity index (χ4v) is 0.985. The first-order valence-corrected chi connectivity index (χ1v) is 3.65. The Balaban J connectivity index is 2.93. The summed E-state index contributed by atoms with van der Waals surface area (Å²) in [6.07, 6.45) is 0. The second-order valence-corrected chi connectivity index (χ2v) is 2.68. The van der Waals surface area contributed by atoms with Gasteiger partial charge in [-0.15, -0.1) is 0 Å². The number of halogens is 2. The molecule has 11 heavy (non-hydrogen) atoms. The molecule has 1 aromatic carbocycles. The molecule has 2 nitrogen and oxygen atoms in total. The van der Waals surface area contributed by atoms with Gasteiger partial charge in [0.05, 0.1) is 5.02 Å². The molecule has 0 aliphatic heterocycles. The van der Waals surface area contributed by atoms with Crippen LogP contribution in [0.15, 0.2) is 18.2 Å². The molecule has 0 aromatic heterocycles. The van der Waals surface area contributed by atoms with E-state index in [0.717, 1.165) is 0 Å². The lowest BCUT2D eigenvalue weighted by molar-refractivity contribution is 0.0377. The van der Waals surface area contributed by atoms with Crippen molar-refractivity contribution in [3.63, 3.8) is 0 Å². The van der Waals surface area contributed by atoms with Gasteiger partial charge in [-0.1, -0.05) is 23.2 Å². The van der Waals surface area contributed by atoms with Gasteiger partial charge in [-0.05, 0) is 12.1 Å². The standard InChI is InChI=1S/C7H5Cl2O2/c8-5-1-2-6(9)7(3-5)11-4-10/h1-3H,4H2. The van der Waals surface area contributed by atoms with Crippen LogP contribution in [-0.2, 0) is 5.11 Å². The highest BCUT2D eigenvalue weighted by Gasteiger charge is 2.00. The van der Waals surface area contributed by atoms with Gasteiger partial charge in [0.1, 0.15) is 5.75 Å². The van der Waals surface area contributed by atoms with E-state index in [-0.39, 0.29) is 0 Å².